The Bertz CT molecular complexity index is 1630. The van der Waals surface area contributed by atoms with Gasteiger partial charge in [-0.1, -0.05) is 24.3 Å². The fourth-order valence-corrected chi connectivity index (χ4v) is 6.72. The average molecular weight is 664 g/mol. The summed E-state index contributed by atoms with van der Waals surface area (Å²) < 4.78 is 46.8. The van der Waals surface area contributed by atoms with E-state index in [0.29, 0.717) is 20.6 Å². The third kappa shape index (κ3) is 9.90. The van der Waals surface area contributed by atoms with Crippen molar-refractivity contribution in [3.05, 3.63) is 120 Å². The van der Waals surface area contributed by atoms with Crippen LogP contribution in [0, 0.1) is 0 Å². The maximum absolute atomic E-state index is 11.9. The summed E-state index contributed by atoms with van der Waals surface area (Å²) in [5, 5.41) is 30.1. The van der Waals surface area contributed by atoms with Crippen molar-refractivity contribution < 1.29 is 62.3 Å². The first-order valence-corrected chi connectivity index (χ1v) is 16.5. The summed E-state index contributed by atoms with van der Waals surface area (Å²) in [6.45, 7) is 1.78. The minimum Gasteiger partial charge on any atom is -0.478 e. The van der Waals surface area contributed by atoms with Crippen LogP contribution in [0.15, 0.2) is 107 Å². The Morgan fingerprint density at radius 3 is 1.49 bits per heavy atom. The second kappa shape index (κ2) is 15.3. The number of imide groups is 1. The van der Waals surface area contributed by atoms with Gasteiger partial charge in [-0.25, -0.2) is 9.59 Å². The first-order chi connectivity index (χ1) is 21.2. The zero-order chi connectivity index (χ0) is 33.2. The summed E-state index contributed by atoms with van der Waals surface area (Å²) in [4.78, 5) is 33.8. The van der Waals surface area contributed by atoms with Crippen LogP contribution in [0.4, 0.5) is 4.79 Å². The number of benzene rings is 2. The van der Waals surface area contributed by atoms with E-state index in [1.807, 2.05) is 0 Å². The molecule has 0 atom stereocenters. The standard InChI is InChI=1S/C16H18N2O6S.C13H13NO5S/c1-2-24-16(20)17-15(19)13-8-6-12(7-9-13)11-25(22,23)14-5-3-4-10-18(14)21;15-13(16)11-6-4-10(5-7-11)9-20(18,19)12-3-1-2-8-14(12)17/h3-10H,2,11H2,1H3,(H3-,17,19,20,21,22,23);1-8H,9H2,(H3-,15,16,17,18,19)/p+2. The van der Waals surface area contributed by atoms with Crippen LogP contribution in [0.1, 0.15) is 38.8 Å². The molecular weight excluding hydrogens is 630 g/mol. The summed E-state index contributed by atoms with van der Waals surface area (Å²) in [5.41, 5.74) is 1.47. The molecule has 4 rings (SSSR count). The molecule has 4 aromatic rings. The van der Waals surface area contributed by atoms with E-state index in [1.54, 1.807) is 43.3 Å². The summed E-state index contributed by atoms with van der Waals surface area (Å²) >= 11 is 0. The molecule has 0 bridgehead atoms. The van der Waals surface area contributed by atoms with Crippen molar-refractivity contribution in [3.8, 4) is 0 Å². The molecule has 0 aliphatic carbocycles. The zero-order valence-corrected chi connectivity index (χ0v) is 25.5. The number of alkyl carbamates (subject to hydrolysis) is 1. The molecule has 0 radical (unpaired) electrons. The van der Waals surface area contributed by atoms with Crippen molar-refractivity contribution in [3.63, 3.8) is 0 Å². The molecule has 0 aliphatic rings. The van der Waals surface area contributed by atoms with Crippen LogP contribution in [0.25, 0.3) is 0 Å². The number of carboxylic acid groups (broad SMARTS) is 1. The predicted molar refractivity (Wildman–Crippen MR) is 162 cm³/mol. The molecule has 14 nitrogen and oxygen atoms in total. The lowest BCUT2D eigenvalue weighted by molar-refractivity contribution is -0.933. The third-order valence-corrected chi connectivity index (χ3v) is 9.38. The molecule has 2 amide bonds. The van der Waals surface area contributed by atoms with Gasteiger partial charge in [0.2, 0.25) is 12.4 Å². The van der Waals surface area contributed by atoms with Gasteiger partial charge in [-0.05, 0) is 54.4 Å². The van der Waals surface area contributed by atoms with E-state index in [4.69, 9.17) is 5.11 Å². The quantitative estimate of drug-likeness (QED) is 0.0911. The smallest absolute Gasteiger partial charge is 0.414 e. The number of aromatic carboxylic acids is 1. The predicted octanol–water partition coefficient (Wildman–Crippen LogP) is 4.63. The number of carbonyl (C=O) groups excluding carboxylic acids is 2. The SMILES string of the molecule is CCOC(=O)NC(=O)c1ccc(CS(O)(O)c2cccc[n+]2O)cc1.O=C(O)c1ccc(CS(O)(O)c2cccc[n+]2O)cc1. The highest BCUT2D eigenvalue weighted by Crippen LogP contribution is 2.49. The number of pyridine rings is 2. The number of hydrogen-bond donors (Lipinski definition) is 8. The number of hydrogen-bond acceptors (Lipinski definition) is 10. The maximum Gasteiger partial charge on any atom is 0.414 e. The minimum atomic E-state index is -3.27. The number of nitrogens with one attached hydrogen (secondary N) is 1. The van der Waals surface area contributed by atoms with Gasteiger partial charge in [0.25, 0.3) is 5.91 Å². The van der Waals surface area contributed by atoms with E-state index in [-0.39, 0.29) is 39.3 Å². The van der Waals surface area contributed by atoms with Gasteiger partial charge in [-0.15, -0.1) is 21.2 Å². The van der Waals surface area contributed by atoms with Gasteiger partial charge in [0, 0.05) is 39.3 Å². The van der Waals surface area contributed by atoms with Gasteiger partial charge in [0.1, 0.15) is 0 Å². The lowest BCUT2D eigenvalue weighted by Gasteiger charge is -2.27. The summed E-state index contributed by atoms with van der Waals surface area (Å²) in [6.07, 6.45) is 1.77. The van der Waals surface area contributed by atoms with Crippen molar-refractivity contribution >= 4 is 39.1 Å². The van der Waals surface area contributed by atoms with Crippen molar-refractivity contribution in [2.45, 2.75) is 28.5 Å². The Morgan fingerprint density at radius 2 is 1.11 bits per heavy atom. The number of aromatic nitrogens is 2. The second-order valence-electron chi connectivity index (χ2n) is 9.26. The van der Waals surface area contributed by atoms with Crippen molar-refractivity contribution in [2.24, 2.45) is 0 Å². The molecule has 0 saturated heterocycles. The Morgan fingerprint density at radius 1 is 0.689 bits per heavy atom. The van der Waals surface area contributed by atoms with Crippen molar-refractivity contribution in [1.82, 2.24) is 5.32 Å². The van der Waals surface area contributed by atoms with Gasteiger partial charge in [0.15, 0.2) is 0 Å². The van der Waals surface area contributed by atoms with Gasteiger partial charge in [-0.3, -0.25) is 38.7 Å². The van der Waals surface area contributed by atoms with Crippen LogP contribution < -0.4 is 14.8 Å². The highest BCUT2D eigenvalue weighted by Gasteiger charge is 2.28. The summed E-state index contributed by atoms with van der Waals surface area (Å²) in [5.74, 6) is -1.89. The van der Waals surface area contributed by atoms with Crippen LogP contribution in [-0.2, 0) is 16.2 Å². The summed E-state index contributed by atoms with van der Waals surface area (Å²) in [7, 11) is -6.48. The maximum atomic E-state index is 11.9. The fraction of sp³-hybridized carbons (Fsp3) is 0.138. The molecule has 2 heterocycles. The van der Waals surface area contributed by atoms with E-state index >= 15 is 0 Å². The number of carboxylic acids is 1. The highest BCUT2D eigenvalue weighted by atomic mass is 32.3. The monoisotopic (exact) mass is 663 g/mol. The molecule has 0 fully saturated rings. The number of ether oxygens (including phenoxy) is 1. The van der Waals surface area contributed by atoms with Gasteiger partial charge in [-0.2, -0.15) is 0 Å². The van der Waals surface area contributed by atoms with Crippen LogP contribution in [0.5, 0.6) is 0 Å². The third-order valence-electron chi connectivity index (χ3n) is 5.92. The number of amides is 2. The van der Waals surface area contributed by atoms with E-state index in [1.165, 1.54) is 60.9 Å². The van der Waals surface area contributed by atoms with Crippen LogP contribution in [0.2, 0.25) is 0 Å². The van der Waals surface area contributed by atoms with Gasteiger partial charge >= 0.3 is 22.1 Å². The molecule has 240 valence electrons. The topological polar surface area (TPSA) is 222 Å². The lowest BCUT2D eigenvalue weighted by Crippen LogP contribution is -2.35. The molecule has 8 N–H and O–H groups in total. The first-order valence-electron chi connectivity index (χ1n) is 13.0. The first kappa shape index (κ1) is 34.8. The van der Waals surface area contributed by atoms with E-state index < -0.39 is 39.1 Å². The van der Waals surface area contributed by atoms with E-state index in [0.717, 1.165) is 0 Å². The molecule has 45 heavy (non-hydrogen) atoms. The lowest BCUT2D eigenvalue weighted by atomic mass is 10.1. The number of nitrogens with zero attached hydrogens (tertiary/aromatic N) is 2. The largest absolute Gasteiger partial charge is 0.478 e. The molecule has 0 aliphatic heterocycles. The number of carbonyl (C=O) groups is 3. The minimum absolute atomic E-state index is 0.00214. The van der Waals surface area contributed by atoms with Crippen molar-refractivity contribution in [1.29, 1.82) is 0 Å². The van der Waals surface area contributed by atoms with Crippen LogP contribution in [-0.4, -0.2) is 58.3 Å². The second-order valence-corrected chi connectivity index (χ2v) is 13.3. The highest BCUT2D eigenvalue weighted by molar-refractivity contribution is 8.23. The molecule has 0 saturated carbocycles. The van der Waals surface area contributed by atoms with E-state index in [2.05, 4.69) is 10.1 Å². The molecule has 0 unspecified atom stereocenters. The van der Waals surface area contributed by atoms with Crippen LogP contribution >= 0.6 is 21.2 Å². The van der Waals surface area contributed by atoms with Gasteiger partial charge < -0.3 is 9.84 Å². The van der Waals surface area contributed by atoms with E-state index in [9.17, 15) is 43.0 Å². The molecule has 16 heteroatoms. The summed E-state index contributed by atoms with van der Waals surface area (Å²) in [6, 6.07) is 20.9. The van der Waals surface area contributed by atoms with Gasteiger partial charge in [0.05, 0.1) is 23.7 Å². The molecular formula is C29H33N3O11S2+2. The average Bonchev–Trinajstić information content (AvgIpc) is 2.98. The Labute approximate surface area is 261 Å². The van der Waals surface area contributed by atoms with Crippen LogP contribution in [0.3, 0.4) is 0 Å². The van der Waals surface area contributed by atoms with Crippen molar-refractivity contribution in [2.75, 3.05) is 6.61 Å². The fourth-order valence-electron chi connectivity index (χ4n) is 3.80. The Kier molecular flexibility index (Phi) is 11.9. The molecule has 2 aromatic heterocycles. The molecule has 0 spiro atoms. The Balaban J connectivity index is 0.000000251. The number of rotatable bonds is 9. The molecule has 2 aromatic carbocycles. The zero-order valence-electron chi connectivity index (χ0n) is 23.8. The Hall–Kier alpha value is -4.71. The normalized spacial score (nSPS) is 11.8.